The van der Waals surface area contributed by atoms with Crippen LogP contribution in [0.3, 0.4) is 0 Å². The van der Waals surface area contributed by atoms with E-state index in [0.717, 1.165) is 0 Å². The highest BCUT2D eigenvalue weighted by molar-refractivity contribution is 5.91. The van der Waals surface area contributed by atoms with Crippen molar-refractivity contribution in [2.45, 2.75) is 6.92 Å². The molecule has 0 aliphatic heterocycles. The van der Waals surface area contributed by atoms with E-state index in [0.29, 0.717) is 11.3 Å². The third-order valence-corrected chi connectivity index (χ3v) is 2.30. The molecule has 1 aromatic carbocycles. The van der Waals surface area contributed by atoms with E-state index in [-0.39, 0.29) is 11.4 Å². The summed E-state index contributed by atoms with van der Waals surface area (Å²) in [5.74, 6) is -0.363. The van der Waals surface area contributed by atoms with Gasteiger partial charge in [0.2, 0.25) is 5.88 Å². The summed E-state index contributed by atoms with van der Waals surface area (Å²) in [6.07, 6.45) is 1.53. The molecule has 4 heteroatoms. The predicted molar refractivity (Wildman–Crippen MR) is 62.4 cm³/mol. The summed E-state index contributed by atoms with van der Waals surface area (Å²) in [4.78, 5) is 15.1. The first kappa shape index (κ1) is 11.1. The van der Waals surface area contributed by atoms with E-state index in [1.165, 1.54) is 6.20 Å². The fourth-order valence-corrected chi connectivity index (χ4v) is 1.47. The number of benzene rings is 1. The summed E-state index contributed by atoms with van der Waals surface area (Å²) >= 11 is 0. The van der Waals surface area contributed by atoms with Gasteiger partial charge in [-0.25, -0.2) is 9.78 Å². The van der Waals surface area contributed by atoms with Gasteiger partial charge in [-0.05, 0) is 30.7 Å². The summed E-state index contributed by atoms with van der Waals surface area (Å²) in [6.45, 7) is 1.71. The molecule has 2 aromatic rings. The summed E-state index contributed by atoms with van der Waals surface area (Å²) in [7, 11) is 0. The molecule has 0 unspecified atom stereocenters. The second kappa shape index (κ2) is 4.65. The third kappa shape index (κ3) is 2.42. The first-order valence-electron chi connectivity index (χ1n) is 5.10. The van der Waals surface area contributed by atoms with Crippen LogP contribution < -0.4 is 4.74 Å². The Morgan fingerprint density at radius 2 is 1.94 bits per heavy atom. The number of hydrogen-bond donors (Lipinski definition) is 1. The molecule has 1 heterocycles. The first-order valence-corrected chi connectivity index (χ1v) is 5.10. The van der Waals surface area contributed by atoms with Crippen molar-refractivity contribution in [1.29, 1.82) is 0 Å². The Morgan fingerprint density at radius 3 is 2.59 bits per heavy atom. The summed E-state index contributed by atoms with van der Waals surface area (Å²) in [5, 5.41) is 9.10. The molecule has 0 saturated heterocycles. The Labute approximate surface area is 98.5 Å². The van der Waals surface area contributed by atoms with Crippen LogP contribution in [0.15, 0.2) is 42.6 Å². The SMILES string of the molecule is Cc1ccnc(Oc2ccccc2)c1C(=O)O. The standard InChI is InChI=1S/C13H11NO3/c1-9-7-8-14-12(11(9)13(15)16)17-10-5-3-2-4-6-10/h2-8H,1H3,(H,15,16). The minimum atomic E-state index is -1.04. The minimum absolute atomic E-state index is 0.0938. The van der Waals surface area contributed by atoms with E-state index < -0.39 is 5.97 Å². The first-order chi connectivity index (χ1) is 8.18. The van der Waals surface area contributed by atoms with Crippen molar-refractivity contribution in [3.63, 3.8) is 0 Å². The molecule has 1 N–H and O–H groups in total. The maximum atomic E-state index is 11.1. The predicted octanol–water partition coefficient (Wildman–Crippen LogP) is 2.88. The lowest BCUT2D eigenvalue weighted by Gasteiger charge is -2.08. The zero-order valence-electron chi connectivity index (χ0n) is 9.25. The van der Waals surface area contributed by atoms with Crippen molar-refractivity contribution < 1.29 is 14.6 Å². The van der Waals surface area contributed by atoms with Gasteiger partial charge in [0, 0.05) is 6.20 Å². The quantitative estimate of drug-likeness (QED) is 0.879. The van der Waals surface area contributed by atoms with Gasteiger partial charge in [0.15, 0.2) is 0 Å². The number of aryl methyl sites for hydroxylation is 1. The van der Waals surface area contributed by atoms with E-state index in [2.05, 4.69) is 4.98 Å². The van der Waals surface area contributed by atoms with E-state index in [1.807, 2.05) is 18.2 Å². The van der Waals surface area contributed by atoms with Gasteiger partial charge in [-0.3, -0.25) is 0 Å². The topological polar surface area (TPSA) is 59.4 Å². The molecule has 0 aliphatic rings. The monoisotopic (exact) mass is 229 g/mol. The number of aromatic carboxylic acids is 1. The average molecular weight is 229 g/mol. The smallest absolute Gasteiger partial charge is 0.341 e. The summed E-state index contributed by atoms with van der Waals surface area (Å²) in [5.41, 5.74) is 0.717. The molecule has 0 spiro atoms. The van der Waals surface area contributed by atoms with E-state index in [9.17, 15) is 4.79 Å². The van der Waals surface area contributed by atoms with Crippen molar-refractivity contribution in [2.75, 3.05) is 0 Å². The summed E-state index contributed by atoms with van der Waals surface area (Å²) in [6, 6.07) is 10.6. The molecule has 0 atom stereocenters. The molecular weight excluding hydrogens is 218 g/mol. The second-order valence-corrected chi connectivity index (χ2v) is 3.53. The highest BCUT2D eigenvalue weighted by atomic mass is 16.5. The molecule has 0 radical (unpaired) electrons. The fourth-order valence-electron chi connectivity index (χ4n) is 1.47. The van der Waals surface area contributed by atoms with Crippen molar-refractivity contribution in [3.8, 4) is 11.6 Å². The second-order valence-electron chi connectivity index (χ2n) is 3.53. The lowest BCUT2D eigenvalue weighted by molar-refractivity contribution is 0.0692. The molecule has 17 heavy (non-hydrogen) atoms. The van der Waals surface area contributed by atoms with Crippen LogP contribution in [0, 0.1) is 6.92 Å². The zero-order valence-corrected chi connectivity index (χ0v) is 9.25. The molecule has 0 saturated carbocycles. The molecule has 86 valence electrons. The number of carboxylic acid groups (broad SMARTS) is 1. The lowest BCUT2D eigenvalue weighted by atomic mass is 10.1. The van der Waals surface area contributed by atoms with Crippen LogP contribution in [-0.4, -0.2) is 16.1 Å². The number of para-hydroxylation sites is 1. The number of carboxylic acids is 1. The van der Waals surface area contributed by atoms with E-state index >= 15 is 0 Å². The number of nitrogens with zero attached hydrogens (tertiary/aromatic N) is 1. The Kier molecular flexibility index (Phi) is 3.05. The minimum Gasteiger partial charge on any atom is -0.477 e. The number of carbonyl (C=O) groups is 1. The van der Waals surface area contributed by atoms with Crippen LogP contribution in [0.4, 0.5) is 0 Å². The highest BCUT2D eigenvalue weighted by Gasteiger charge is 2.16. The third-order valence-electron chi connectivity index (χ3n) is 2.30. The molecule has 2 rings (SSSR count). The number of hydrogen-bond acceptors (Lipinski definition) is 3. The van der Waals surface area contributed by atoms with Gasteiger partial charge in [0.1, 0.15) is 11.3 Å². The van der Waals surface area contributed by atoms with Crippen LogP contribution in [0.25, 0.3) is 0 Å². The van der Waals surface area contributed by atoms with E-state index in [1.54, 1.807) is 25.1 Å². The zero-order chi connectivity index (χ0) is 12.3. The van der Waals surface area contributed by atoms with E-state index in [4.69, 9.17) is 9.84 Å². The fraction of sp³-hybridized carbons (Fsp3) is 0.0769. The largest absolute Gasteiger partial charge is 0.477 e. The Balaban J connectivity index is 2.40. The van der Waals surface area contributed by atoms with Crippen molar-refractivity contribution in [1.82, 2.24) is 4.98 Å². The number of aromatic nitrogens is 1. The maximum absolute atomic E-state index is 11.1. The van der Waals surface area contributed by atoms with Crippen LogP contribution in [-0.2, 0) is 0 Å². The van der Waals surface area contributed by atoms with Gasteiger partial charge in [-0.15, -0.1) is 0 Å². The Morgan fingerprint density at radius 1 is 1.24 bits per heavy atom. The van der Waals surface area contributed by atoms with Gasteiger partial charge in [0.05, 0.1) is 0 Å². The molecule has 0 amide bonds. The van der Waals surface area contributed by atoms with Crippen molar-refractivity contribution >= 4 is 5.97 Å². The number of pyridine rings is 1. The van der Waals surface area contributed by atoms with Crippen LogP contribution in [0.2, 0.25) is 0 Å². The maximum Gasteiger partial charge on any atom is 0.341 e. The van der Waals surface area contributed by atoms with Crippen LogP contribution >= 0.6 is 0 Å². The molecule has 0 aliphatic carbocycles. The van der Waals surface area contributed by atoms with Gasteiger partial charge < -0.3 is 9.84 Å². The highest BCUT2D eigenvalue weighted by Crippen LogP contribution is 2.24. The molecule has 1 aromatic heterocycles. The van der Waals surface area contributed by atoms with Gasteiger partial charge in [-0.1, -0.05) is 18.2 Å². The van der Waals surface area contributed by atoms with Crippen molar-refractivity contribution in [2.24, 2.45) is 0 Å². The number of ether oxygens (including phenoxy) is 1. The summed E-state index contributed by atoms with van der Waals surface area (Å²) < 4.78 is 5.46. The lowest BCUT2D eigenvalue weighted by Crippen LogP contribution is -2.04. The molecule has 0 bridgehead atoms. The normalized spacial score (nSPS) is 9.94. The molecule has 4 nitrogen and oxygen atoms in total. The Bertz CT molecular complexity index is 538. The van der Waals surface area contributed by atoms with Crippen LogP contribution in [0.5, 0.6) is 11.6 Å². The Hall–Kier alpha value is -2.36. The number of rotatable bonds is 3. The average Bonchev–Trinajstić information content (AvgIpc) is 2.30. The molecule has 0 fully saturated rings. The van der Waals surface area contributed by atoms with Gasteiger partial charge >= 0.3 is 5.97 Å². The van der Waals surface area contributed by atoms with Gasteiger partial charge in [-0.2, -0.15) is 0 Å². The van der Waals surface area contributed by atoms with Crippen LogP contribution in [0.1, 0.15) is 15.9 Å². The van der Waals surface area contributed by atoms with Crippen molar-refractivity contribution in [3.05, 3.63) is 53.7 Å². The van der Waals surface area contributed by atoms with Gasteiger partial charge in [0.25, 0.3) is 0 Å². The molecular formula is C13H11NO3.